The number of halogens is 1. The van der Waals surface area contributed by atoms with Crippen molar-refractivity contribution < 1.29 is 14.3 Å². The Morgan fingerprint density at radius 1 is 1.17 bits per heavy atom. The van der Waals surface area contributed by atoms with E-state index in [-0.39, 0.29) is 29.6 Å². The Kier molecular flexibility index (Phi) is 6.05. The highest BCUT2D eigenvalue weighted by Gasteiger charge is 2.33. The van der Waals surface area contributed by atoms with Crippen LogP contribution in [0.4, 0.5) is 0 Å². The zero-order valence-corrected chi connectivity index (χ0v) is 14.7. The van der Waals surface area contributed by atoms with E-state index in [0.29, 0.717) is 31.0 Å². The van der Waals surface area contributed by atoms with E-state index in [9.17, 15) is 9.59 Å². The van der Waals surface area contributed by atoms with Crippen molar-refractivity contribution in [1.29, 1.82) is 0 Å². The summed E-state index contributed by atoms with van der Waals surface area (Å²) in [5, 5.41) is 0.669. The summed E-state index contributed by atoms with van der Waals surface area (Å²) in [6, 6.07) is 7.49. The van der Waals surface area contributed by atoms with Gasteiger partial charge in [-0.2, -0.15) is 0 Å². The number of carbonyl (C=O) groups is 2. The van der Waals surface area contributed by atoms with Gasteiger partial charge in [-0.1, -0.05) is 37.6 Å². The highest BCUT2D eigenvalue weighted by Crippen LogP contribution is 2.30. The van der Waals surface area contributed by atoms with Gasteiger partial charge in [0.25, 0.3) is 0 Å². The number of amides is 1. The van der Waals surface area contributed by atoms with Crippen LogP contribution in [0.1, 0.15) is 38.2 Å². The largest absolute Gasteiger partial charge is 0.469 e. The average Bonchev–Trinajstić information content (AvgIpc) is 2.56. The van der Waals surface area contributed by atoms with Gasteiger partial charge in [-0.15, -0.1) is 0 Å². The Balaban J connectivity index is 2.08. The van der Waals surface area contributed by atoms with Crippen LogP contribution in [0.5, 0.6) is 0 Å². The predicted octanol–water partition coefficient (Wildman–Crippen LogP) is 3.49. The van der Waals surface area contributed by atoms with Crippen molar-refractivity contribution in [2.24, 2.45) is 11.8 Å². The van der Waals surface area contributed by atoms with Gasteiger partial charge in [-0.05, 0) is 36.5 Å². The Bertz CT molecular complexity index is 548. The summed E-state index contributed by atoms with van der Waals surface area (Å²) in [5.41, 5.74) is 0.990. The number of hydrogen-bond acceptors (Lipinski definition) is 3. The molecule has 0 unspecified atom stereocenters. The van der Waals surface area contributed by atoms with E-state index in [2.05, 4.69) is 13.8 Å². The molecule has 0 bridgehead atoms. The van der Waals surface area contributed by atoms with E-state index in [4.69, 9.17) is 16.3 Å². The Hall–Kier alpha value is -1.55. The van der Waals surface area contributed by atoms with Crippen molar-refractivity contribution in [3.63, 3.8) is 0 Å². The van der Waals surface area contributed by atoms with Gasteiger partial charge in [0.2, 0.25) is 5.91 Å². The van der Waals surface area contributed by atoms with Gasteiger partial charge in [0.05, 0.1) is 18.9 Å². The molecule has 2 rings (SSSR count). The summed E-state index contributed by atoms with van der Waals surface area (Å²) in [5.74, 6) is -0.109. The highest BCUT2D eigenvalue weighted by molar-refractivity contribution is 6.30. The van der Waals surface area contributed by atoms with Crippen molar-refractivity contribution in [3.05, 3.63) is 34.9 Å². The lowest BCUT2D eigenvalue weighted by Gasteiger charge is -2.34. The molecule has 1 fully saturated rings. The highest BCUT2D eigenvalue weighted by atomic mass is 35.5. The lowest BCUT2D eigenvalue weighted by atomic mass is 9.86. The first kappa shape index (κ1) is 17.8. The van der Waals surface area contributed by atoms with Gasteiger partial charge in [-0.25, -0.2) is 0 Å². The molecule has 0 saturated carbocycles. The molecular formula is C18H24ClNO3. The van der Waals surface area contributed by atoms with Crippen LogP contribution in [0, 0.1) is 11.8 Å². The maximum absolute atomic E-state index is 12.9. The topological polar surface area (TPSA) is 46.6 Å². The fourth-order valence-electron chi connectivity index (χ4n) is 3.18. The molecule has 1 aromatic carbocycles. The van der Waals surface area contributed by atoms with Crippen LogP contribution < -0.4 is 0 Å². The molecule has 0 N–H and O–H groups in total. The first-order chi connectivity index (χ1) is 10.9. The minimum absolute atomic E-state index is 0.0860. The summed E-state index contributed by atoms with van der Waals surface area (Å²) in [6.07, 6.45) is 1.34. The summed E-state index contributed by atoms with van der Waals surface area (Å²) < 4.78 is 4.80. The minimum Gasteiger partial charge on any atom is -0.469 e. The minimum atomic E-state index is -0.179. The summed E-state index contributed by atoms with van der Waals surface area (Å²) in [4.78, 5) is 26.4. The van der Waals surface area contributed by atoms with Crippen molar-refractivity contribution in [2.45, 2.75) is 32.6 Å². The quantitative estimate of drug-likeness (QED) is 0.790. The SMILES string of the molecule is COC(=O)C1CCN(C(=O)[C@@H](c2ccc(Cl)cc2)C(C)C)CC1. The monoisotopic (exact) mass is 337 g/mol. The molecule has 1 aliphatic rings. The van der Waals surface area contributed by atoms with Crippen molar-refractivity contribution in [1.82, 2.24) is 4.90 Å². The summed E-state index contributed by atoms with van der Waals surface area (Å²) >= 11 is 5.94. The third-order valence-corrected chi connectivity index (χ3v) is 4.75. The zero-order chi connectivity index (χ0) is 17.0. The number of nitrogens with zero attached hydrogens (tertiary/aromatic N) is 1. The lowest BCUT2D eigenvalue weighted by Crippen LogP contribution is -2.43. The molecule has 1 aliphatic heterocycles. The second-order valence-corrected chi connectivity index (χ2v) is 6.83. The van der Waals surface area contributed by atoms with Gasteiger partial charge in [-0.3, -0.25) is 9.59 Å². The summed E-state index contributed by atoms with van der Waals surface area (Å²) in [6.45, 7) is 5.32. The molecular weight excluding hydrogens is 314 g/mol. The van der Waals surface area contributed by atoms with Gasteiger partial charge < -0.3 is 9.64 Å². The molecule has 1 heterocycles. The molecule has 0 aromatic heterocycles. The number of ether oxygens (including phenoxy) is 1. The molecule has 1 amide bonds. The van der Waals surface area contributed by atoms with Crippen LogP contribution in [0.3, 0.4) is 0 Å². The van der Waals surface area contributed by atoms with Crippen molar-refractivity contribution in [2.75, 3.05) is 20.2 Å². The van der Waals surface area contributed by atoms with Crippen LogP contribution in [-0.2, 0) is 14.3 Å². The first-order valence-corrected chi connectivity index (χ1v) is 8.44. The smallest absolute Gasteiger partial charge is 0.308 e. The Morgan fingerprint density at radius 2 is 1.74 bits per heavy atom. The molecule has 0 spiro atoms. The van der Waals surface area contributed by atoms with Gasteiger partial charge in [0.1, 0.15) is 0 Å². The van der Waals surface area contributed by atoms with E-state index in [1.54, 1.807) is 0 Å². The second-order valence-electron chi connectivity index (χ2n) is 6.40. The number of carbonyl (C=O) groups excluding carboxylic acids is 2. The van der Waals surface area contributed by atoms with Crippen LogP contribution in [0.2, 0.25) is 5.02 Å². The number of esters is 1. The fourth-order valence-corrected chi connectivity index (χ4v) is 3.31. The van der Waals surface area contributed by atoms with E-state index >= 15 is 0 Å². The van der Waals surface area contributed by atoms with Gasteiger partial charge >= 0.3 is 5.97 Å². The Labute approximate surface area is 142 Å². The molecule has 0 radical (unpaired) electrons. The van der Waals surface area contributed by atoms with E-state index in [0.717, 1.165) is 5.56 Å². The number of rotatable bonds is 4. The van der Waals surface area contributed by atoms with Crippen LogP contribution in [0.25, 0.3) is 0 Å². The maximum Gasteiger partial charge on any atom is 0.308 e. The molecule has 4 nitrogen and oxygen atoms in total. The molecule has 1 saturated heterocycles. The van der Waals surface area contributed by atoms with Gasteiger partial charge in [0.15, 0.2) is 0 Å². The maximum atomic E-state index is 12.9. The van der Waals surface area contributed by atoms with E-state index in [1.165, 1.54) is 7.11 Å². The third-order valence-electron chi connectivity index (χ3n) is 4.50. The van der Waals surface area contributed by atoms with Crippen LogP contribution in [-0.4, -0.2) is 37.0 Å². The molecule has 126 valence electrons. The standard InChI is InChI=1S/C18H24ClNO3/c1-12(2)16(13-4-6-15(19)7-5-13)17(21)20-10-8-14(9-11-20)18(22)23-3/h4-7,12,14,16H,8-11H2,1-3H3/t16-/m1/s1. The molecule has 5 heteroatoms. The average molecular weight is 338 g/mol. The van der Waals surface area contributed by atoms with Gasteiger partial charge in [0, 0.05) is 18.1 Å². The number of piperidine rings is 1. The zero-order valence-electron chi connectivity index (χ0n) is 13.9. The molecule has 1 aromatic rings. The fraction of sp³-hybridized carbons (Fsp3) is 0.556. The number of hydrogen-bond donors (Lipinski definition) is 0. The first-order valence-electron chi connectivity index (χ1n) is 8.06. The van der Waals surface area contributed by atoms with Crippen LogP contribution >= 0.6 is 11.6 Å². The third kappa shape index (κ3) is 4.25. The number of methoxy groups -OCH3 is 1. The second kappa shape index (κ2) is 7.82. The molecule has 0 aliphatic carbocycles. The van der Waals surface area contributed by atoms with E-state index < -0.39 is 0 Å². The Morgan fingerprint density at radius 3 is 2.22 bits per heavy atom. The van der Waals surface area contributed by atoms with Crippen LogP contribution in [0.15, 0.2) is 24.3 Å². The number of likely N-dealkylation sites (tertiary alicyclic amines) is 1. The number of benzene rings is 1. The lowest BCUT2D eigenvalue weighted by molar-refractivity contribution is -0.149. The summed E-state index contributed by atoms with van der Waals surface area (Å²) in [7, 11) is 1.41. The molecule has 23 heavy (non-hydrogen) atoms. The normalized spacial score (nSPS) is 17.2. The molecule has 1 atom stereocenters. The van der Waals surface area contributed by atoms with Crippen molar-refractivity contribution in [3.8, 4) is 0 Å². The van der Waals surface area contributed by atoms with E-state index in [1.807, 2.05) is 29.2 Å². The predicted molar refractivity (Wildman–Crippen MR) is 90.4 cm³/mol. The van der Waals surface area contributed by atoms with Crippen molar-refractivity contribution >= 4 is 23.5 Å².